The van der Waals surface area contributed by atoms with Crippen LogP contribution in [0.15, 0.2) is 61.4 Å². The number of hydrogen-bond acceptors (Lipinski definition) is 3. The molecule has 0 aliphatic heterocycles. The third kappa shape index (κ3) is 3.59. The number of halogens is 3. The van der Waals surface area contributed by atoms with Crippen molar-refractivity contribution in [3.05, 3.63) is 67.0 Å². The molecule has 0 bridgehead atoms. The molecule has 10 heteroatoms. The van der Waals surface area contributed by atoms with Gasteiger partial charge >= 0.3 is 6.18 Å². The number of pyridine rings is 3. The van der Waals surface area contributed by atoms with Crippen LogP contribution in [0.2, 0.25) is 0 Å². The Kier molecular flexibility index (Phi) is 5.11. The van der Waals surface area contributed by atoms with Crippen molar-refractivity contribution in [2.75, 3.05) is 0 Å². The third-order valence-electron chi connectivity index (χ3n) is 5.76. The number of imidazole rings is 2. The molecule has 0 N–H and O–H groups in total. The van der Waals surface area contributed by atoms with Gasteiger partial charge in [0.05, 0.1) is 17.6 Å². The normalized spacial score (nSPS) is 12.5. The Morgan fingerprint density at radius 2 is 1.21 bits per heavy atom. The molecule has 0 atom stereocenters. The number of nitrogens with zero attached hydrogens (tertiary/aromatic N) is 7. The Morgan fingerprint density at radius 1 is 0.765 bits per heavy atom. The lowest BCUT2D eigenvalue weighted by Gasteiger charge is -2.08. The smallest absolute Gasteiger partial charge is 0.226 e. The monoisotopic (exact) mass is 467 g/mol. The van der Waals surface area contributed by atoms with Crippen LogP contribution in [0.5, 0.6) is 0 Å². The van der Waals surface area contributed by atoms with E-state index in [9.17, 15) is 13.2 Å². The van der Waals surface area contributed by atoms with Crippen molar-refractivity contribution in [1.29, 1.82) is 0 Å². The van der Waals surface area contributed by atoms with Crippen molar-refractivity contribution in [1.82, 2.24) is 24.1 Å². The van der Waals surface area contributed by atoms with Gasteiger partial charge in [-0.15, -0.1) is 0 Å². The molecule has 0 aliphatic carbocycles. The average Bonchev–Trinajstić information content (AvgIpc) is 3.38. The molecule has 0 saturated heterocycles. The summed E-state index contributed by atoms with van der Waals surface area (Å²) in [6.45, 7) is 8.02. The molecule has 7 nitrogen and oxygen atoms in total. The number of aromatic nitrogens is 7. The largest absolute Gasteiger partial charge is 0.416 e. The van der Waals surface area contributed by atoms with E-state index in [2.05, 4.69) is 15.0 Å². The summed E-state index contributed by atoms with van der Waals surface area (Å²) in [5.74, 6) is 0.253. The van der Waals surface area contributed by atoms with E-state index >= 15 is 0 Å². The van der Waals surface area contributed by atoms with E-state index in [-0.39, 0.29) is 23.7 Å². The van der Waals surface area contributed by atoms with Crippen LogP contribution in [0.1, 0.15) is 45.3 Å². The van der Waals surface area contributed by atoms with Crippen LogP contribution in [-0.4, -0.2) is 24.1 Å². The Hall–Kier alpha value is -3.82. The summed E-state index contributed by atoms with van der Waals surface area (Å²) in [6.07, 6.45) is 2.17. The van der Waals surface area contributed by atoms with Gasteiger partial charge in [-0.25, -0.2) is 19.1 Å². The SMILES string of the molecule is CC(C)[n+]1cn(-c2cc(C(F)(F)F)cc(-n3c[n+](C(C)C)c4cccnc43)n2)c2ncccc21. The number of fused-ring (bicyclic) bond motifs is 2. The van der Waals surface area contributed by atoms with Gasteiger partial charge in [0, 0.05) is 24.5 Å². The molecule has 0 unspecified atom stereocenters. The number of alkyl halides is 3. The molecular formula is C24H24F3N7+2. The molecule has 0 fully saturated rings. The molecule has 0 saturated carbocycles. The van der Waals surface area contributed by atoms with Crippen LogP contribution in [0, 0.1) is 0 Å². The zero-order valence-corrected chi connectivity index (χ0v) is 19.2. The Morgan fingerprint density at radius 3 is 1.59 bits per heavy atom. The molecule has 0 amide bonds. The number of hydrogen-bond donors (Lipinski definition) is 0. The fourth-order valence-corrected chi connectivity index (χ4v) is 4.10. The van der Waals surface area contributed by atoms with E-state index in [0.717, 1.165) is 23.2 Å². The third-order valence-corrected chi connectivity index (χ3v) is 5.76. The van der Waals surface area contributed by atoms with Crippen molar-refractivity contribution in [3.8, 4) is 11.6 Å². The summed E-state index contributed by atoms with van der Waals surface area (Å²) in [4.78, 5) is 13.5. The number of rotatable bonds is 4. The maximum atomic E-state index is 14.0. The molecule has 0 spiro atoms. The molecule has 174 valence electrons. The van der Waals surface area contributed by atoms with Crippen LogP contribution >= 0.6 is 0 Å². The highest BCUT2D eigenvalue weighted by molar-refractivity contribution is 5.70. The quantitative estimate of drug-likeness (QED) is 0.366. The van der Waals surface area contributed by atoms with Gasteiger partial charge < -0.3 is 0 Å². The lowest BCUT2D eigenvalue weighted by Crippen LogP contribution is -2.34. The van der Waals surface area contributed by atoms with E-state index in [4.69, 9.17) is 0 Å². The highest BCUT2D eigenvalue weighted by Gasteiger charge is 2.35. The molecule has 0 aromatic carbocycles. The maximum Gasteiger partial charge on any atom is 0.416 e. The van der Waals surface area contributed by atoms with Crippen LogP contribution in [0.4, 0.5) is 13.2 Å². The summed E-state index contributed by atoms with van der Waals surface area (Å²) >= 11 is 0. The van der Waals surface area contributed by atoms with Gasteiger partial charge in [-0.05, 0) is 52.0 Å². The first-order chi connectivity index (χ1) is 16.1. The summed E-state index contributed by atoms with van der Waals surface area (Å²) in [5, 5.41) is 0. The predicted molar refractivity (Wildman–Crippen MR) is 120 cm³/mol. The minimum atomic E-state index is -4.55. The van der Waals surface area contributed by atoms with Gasteiger partial charge in [-0.3, -0.25) is 0 Å². The Labute approximate surface area is 193 Å². The minimum Gasteiger partial charge on any atom is -0.226 e. The molecule has 5 aromatic heterocycles. The van der Waals surface area contributed by atoms with Crippen molar-refractivity contribution < 1.29 is 22.3 Å². The highest BCUT2D eigenvalue weighted by Crippen LogP contribution is 2.32. The average molecular weight is 467 g/mol. The lowest BCUT2D eigenvalue weighted by atomic mass is 10.2. The van der Waals surface area contributed by atoms with Gasteiger partial charge in [0.2, 0.25) is 11.6 Å². The van der Waals surface area contributed by atoms with Gasteiger partial charge in [0.1, 0.15) is 0 Å². The van der Waals surface area contributed by atoms with E-state index in [1.165, 1.54) is 0 Å². The Bertz CT molecular complexity index is 1410. The zero-order chi connectivity index (χ0) is 24.2. The molecule has 5 heterocycles. The molecule has 0 aliphatic rings. The maximum absolute atomic E-state index is 14.0. The standard InChI is InChI=1S/C24H24F3N7/c1-15(2)31-13-33(22-18(31)7-5-9-28-22)20-11-17(24(25,26)27)12-21(30-20)34-14-32(16(3)4)19-8-6-10-29-23(19)34/h5-16H,1-4H3/q+2. The summed E-state index contributed by atoms with van der Waals surface area (Å²) in [7, 11) is 0. The van der Waals surface area contributed by atoms with Crippen LogP contribution in [0.3, 0.4) is 0 Å². The summed E-state index contributed by atoms with van der Waals surface area (Å²) in [6, 6.07) is 9.67. The molecular weight excluding hydrogens is 443 g/mol. The molecule has 0 radical (unpaired) electrons. The molecule has 5 rings (SSSR count). The van der Waals surface area contributed by atoms with Crippen molar-refractivity contribution in [2.24, 2.45) is 0 Å². The fraction of sp³-hybridized carbons (Fsp3) is 0.292. The van der Waals surface area contributed by atoms with Crippen molar-refractivity contribution in [2.45, 2.75) is 46.0 Å². The topological polar surface area (TPSA) is 56.3 Å². The van der Waals surface area contributed by atoms with Gasteiger partial charge in [0.25, 0.3) is 23.9 Å². The second-order valence-corrected chi connectivity index (χ2v) is 8.74. The highest BCUT2D eigenvalue weighted by atomic mass is 19.4. The van der Waals surface area contributed by atoms with Crippen LogP contribution in [-0.2, 0) is 6.18 Å². The van der Waals surface area contributed by atoms with E-state index in [1.807, 2.05) is 49.0 Å². The van der Waals surface area contributed by atoms with Crippen molar-refractivity contribution >= 4 is 22.3 Å². The minimum absolute atomic E-state index is 0.0841. The molecule has 5 aromatic rings. The van der Waals surface area contributed by atoms with Gasteiger partial charge in [0.15, 0.2) is 11.0 Å². The first-order valence-corrected chi connectivity index (χ1v) is 11.0. The zero-order valence-electron chi connectivity index (χ0n) is 19.2. The predicted octanol–water partition coefficient (Wildman–Crippen LogP) is 4.52. The fourth-order valence-electron chi connectivity index (χ4n) is 4.10. The van der Waals surface area contributed by atoms with Gasteiger partial charge in [-0.1, -0.05) is 0 Å². The molecule has 34 heavy (non-hydrogen) atoms. The second-order valence-electron chi connectivity index (χ2n) is 8.74. The van der Waals surface area contributed by atoms with E-state index < -0.39 is 11.7 Å². The van der Waals surface area contributed by atoms with Crippen LogP contribution < -0.4 is 9.13 Å². The second kappa shape index (κ2) is 7.89. The first-order valence-electron chi connectivity index (χ1n) is 11.0. The Balaban J connectivity index is 1.81. The first kappa shape index (κ1) is 22.0. The summed E-state index contributed by atoms with van der Waals surface area (Å²) in [5.41, 5.74) is 1.88. The van der Waals surface area contributed by atoms with E-state index in [0.29, 0.717) is 11.3 Å². The van der Waals surface area contributed by atoms with Crippen molar-refractivity contribution in [3.63, 3.8) is 0 Å². The van der Waals surface area contributed by atoms with Gasteiger partial charge in [-0.2, -0.15) is 27.3 Å². The van der Waals surface area contributed by atoms with Crippen LogP contribution in [0.25, 0.3) is 34.0 Å². The summed E-state index contributed by atoms with van der Waals surface area (Å²) < 4.78 is 49.1. The van der Waals surface area contributed by atoms with E-state index in [1.54, 1.807) is 46.3 Å². The lowest BCUT2D eigenvalue weighted by molar-refractivity contribution is -0.692.